The maximum absolute atomic E-state index is 5.13. The second-order valence-corrected chi connectivity index (χ2v) is 3.86. The van der Waals surface area contributed by atoms with Crippen molar-refractivity contribution in [3.63, 3.8) is 0 Å². The summed E-state index contributed by atoms with van der Waals surface area (Å²) in [5.74, 6) is 4.22. The molecule has 4 heteroatoms. The fourth-order valence-electron chi connectivity index (χ4n) is 1.06. The van der Waals surface area contributed by atoms with E-state index in [2.05, 4.69) is 20.6 Å². The predicted molar refractivity (Wildman–Crippen MR) is 53.8 cm³/mol. The summed E-state index contributed by atoms with van der Waals surface area (Å²) in [6.07, 6.45) is 8.37. The molecule has 1 saturated carbocycles. The monoisotopic (exact) mass is 193 g/mol. The molecule has 1 fully saturated rings. The molecule has 1 aromatic heterocycles. The molecular weight excluding hydrogens is 182 g/mol. The zero-order valence-corrected chi connectivity index (χ0v) is 8.10. The van der Waals surface area contributed by atoms with Gasteiger partial charge in [-0.15, -0.1) is 12.3 Å². The van der Waals surface area contributed by atoms with E-state index in [-0.39, 0.29) is 0 Å². The van der Waals surface area contributed by atoms with Crippen molar-refractivity contribution in [2.45, 2.75) is 25.2 Å². The van der Waals surface area contributed by atoms with Gasteiger partial charge in [0.15, 0.2) is 0 Å². The third kappa shape index (κ3) is 2.19. The van der Waals surface area contributed by atoms with E-state index >= 15 is 0 Å². The molecule has 0 radical (unpaired) electrons. The van der Waals surface area contributed by atoms with Crippen LogP contribution in [0, 0.1) is 12.3 Å². The van der Waals surface area contributed by atoms with E-state index in [1.54, 1.807) is 0 Å². The molecule has 3 nitrogen and oxygen atoms in total. The van der Waals surface area contributed by atoms with Crippen LogP contribution in [0.5, 0.6) is 0 Å². The molecule has 0 unspecified atom stereocenters. The molecule has 1 aliphatic carbocycles. The summed E-state index contributed by atoms with van der Waals surface area (Å²) in [4.78, 5) is 4.37. The van der Waals surface area contributed by atoms with Crippen LogP contribution in [0.3, 0.4) is 0 Å². The SMILES string of the molecule is C#CCCNc1nc(C2CC2)ns1. The van der Waals surface area contributed by atoms with Crippen LogP contribution in [-0.4, -0.2) is 15.9 Å². The molecule has 0 aliphatic heterocycles. The highest BCUT2D eigenvalue weighted by molar-refractivity contribution is 7.09. The van der Waals surface area contributed by atoms with Crippen LogP contribution in [-0.2, 0) is 0 Å². The van der Waals surface area contributed by atoms with Crippen molar-refractivity contribution in [1.82, 2.24) is 9.36 Å². The zero-order chi connectivity index (χ0) is 9.10. The molecule has 1 N–H and O–H groups in total. The van der Waals surface area contributed by atoms with Gasteiger partial charge in [-0.1, -0.05) is 0 Å². The minimum atomic E-state index is 0.638. The van der Waals surface area contributed by atoms with Crippen LogP contribution in [0.2, 0.25) is 0 Å². The van der Waals surface area contributed by atoms with Gasteiger partial charge in [0.1, 0.15) is 5.82 Å². The third-order valence-corrected chi connectivity index (χ3v) is 2.62. The lowest BCUT2D eigenvalue weighted by Crippen LogP contribution is -1.99. The van der Waals surface area contributed by atoms with E-state index in [1.807, 2.05) is 0 Å². The Morgan fingerprint density at radius 1 is 1.62 bits per heavy atom. The summed E-state index contributed by atoms with van der Waals surface area (Å²) in [6, 6.07) is 0. The van der Waals surface area contributed by atoms with Crippen LogP contribution in [0.15, 0.2) is 0 Å². The van der Waals surface area contributed by atoms with Crippen LogP contribution >= 0.6 is 11.5 Å². The van der Waals surface area contributed by atoms with E-state index in [9.17, 15) is 0 Å². The minimum Gasteiger partial charge on any atom is -0.359 e. The van der Waals surface area contributed by atoms with Crippen molar-refractivity contribution in [2.24, 2.45) is 0 Å². The lowest BCUT2D eigenvalue weighted by Gasteiger charge is -1.95. The fourth-order valence-corrected chi connectivity index (χ4v) is 1.73. The number of hydrogen-bond donors (Lipinski definition) is 1. The molecule has 2 rings (SSSR count). The van der Waals surface area contributed by atoms with E-state index in [1.165, 1.54) is 24.4 Å². The minimum absolute atomic E-state index is 0.638. The summed E-state index contributed by atoms with van der Waals surface area (Å²) in [7, 11) is 0. The number of nitrogens with zero attached hydrogens (tertiary/aromatic N) is 2. The number of rotatable bonds is 4. The third-order valence-electron chi connectivity index (χ3n) is 1.93. The molecule has 0 spiro atoms. The normalized spacial score (nSPS) is 15.3. The second kappa shape index (κ2) is 3.75. The molecule has 0 atom stereocenters. The summed E-state index contributed by atoms with van der Waals surface area (Å²) in [6.45, 7) is 0.788. The van der Waals surface area contributed by atoms with Crippen LogP contribution in [0.4, 0.5) is 5.13 Å². The average molecular weight is 193 g/mol. The first-order valence-electron chi connectivity index (χ1n) is 4.41. The summed E-state index contributed by atoms with van der Waals surface area (Å²) in [5.41, 5.74) is 0. The molecule has 0 saturated heterocycles. The Balaban J connectivity index is 1.86. The van der Waals surface area contributed by atoms with Gasteiger partial charge in [-0.25, -0.2) is 4.98 Å². The number of nitrogens with one attached hydrogen (secondary N) is 1. The van der Waals surface area contributed by atoms with Gasteiger partial charge in [0.2, 0.25) is 5.13 Å². The number of terminal acetylenes is 1. The topological polar surface area (TPSA) is 37.8 Å². The maximum atomic E-state index is 5.13. The summed E-state index contributed by atoms with van der Waals surface area (Å²) in [5, 5.41) is 4.05. The van der Waals surface area contributed by atoms with Crippen LogP contribution in [0.1, 0.15) is 31.0 Å². The van der Waals surface area contributed by atoms with Crippen molar-refractivity contribution in [2.75, 3.05) is 11.9 Å². The van der Waals surface area contributed by atoms with E-state index in [0.717, 1.165) is 23.9 Å². The predicted octanol–water partition coefficient (Wildman–Crippen LogP) is 1.85. The summed E-state index contributed by atoms with van der Waals surface area (Å²) >= 11 is 1.43. The first-order chi connectivity index (χ1) is 6.40. The average Bonchev–Trinajstić information content (AvgIpc) is 2.88. The van der Waals surface area contributed by atoms with Gasteiger partial charge in [0.25, 0.3) is 0 Å². The standard InChI is InChI=1S/C9H11N3S/c1-2-3-6-10-9-11-8(12-13-9)7-4-5-7/h1,7H,3-6H2,(H,10,11,12). The first kappa shape index (κ1) is 8.52. The lowest BCUT2D eigenvalue weighted by atomic mass is 10.4. The van der Waals surface area contributed by atoms with Crippen molar-refractivity contribution >= 4 is 16.7 Å². The second-order valence-electron chi connectivity index (χ2n) is 3.11. The largest absolute Gasteiger partial charge is 0.359 e. The molecule has 13 heavy (non-hydrogen) atoms. The Kier molecular flexibility index (Phi) is 2.46. The molecule has 0 aromatic carbocycles. The van der Waals surface area contributed by atoms with Gasteiger partial charge in [0.05, 0.1) is 0 Å². The molecule has 1 heterocycles. The Morgan fingerprint density at radius 2 is 2.46 bits per heavy atom. The van der Waals surface area contributed by atoms with Crippen molar-refractivity contribution in [3.05, 3.63) is 5.82 Å². The molecule has 1 aromatic rings. The van der Waals surface area contributed by atoms with E-state index in [4.69, 9.17) is 6.42 Å². The maximum Gasteiger partial charge on any atom is 0.202 e. The van der Waals surface area contributed by atoms with Gasteiger partial charge < -0.3 is 5.32 Å². The number of aromatic nitrogens is 2. The first-order valence-corrected chi connectivity index (χ1v) is 5.18. The quantitative estimate of drug-likeness (QED) is 0.586. The van der Waals surface area contributed by atoms with E-state index < -0.39 is 0 Å². The smallest absolute Gasteiger partial charge is 0.202 e. The van der Waals surface area contributed by atoms with Crippen LogP contribution in [0.25, 0.3) is 0 Å². The van der Waals surface area contributed by atoms with Crippen molar-refractivity contribution in [1.29, 1.82) is 0 Å². The van der Waals surface area contributed by atoms with E-state index in [0.29, 0.717) is 5.92 Å². The summed E-state index contributed by atoms with van der Waals surface area (Å²) < 4.78 is 4.27. The number of anilines is 1. The van der Waals surface area contributed by atoms with Gasteiger partial charge >= 0.3 is 0 Å². The lowest BCUT2D eigenvalue weighted by molar-refractivity contribution is 0.978. The number of hydrogen-bond acceptors (Lipinski definition) is 4. The highest BCUT2D eigenvalue weighted by Gasteiger charge is 2.27. The molecular formula is C9H11N3S. The Morgan fingerprint density at radius 3 is 3.15 bits per heavy atom. The molecule has 0 bridgehead atoms. The molecule has 1 aliphatic rings. The zero-order valence-electron chi connectivity index (χ0n) is 7.29. The van der Waals surface area contributed by atoms with Gasteiger partial charge in [-0.3, -0.25) is 0 Å². The van der Waals surface area contributed by atoms with Gasteiger partial charge in [-0.2, -0.15) is 4.37 Å². The van der Waals surface area contributed by atoms with Gasteiger partial charge in [0, 0.05) is 30.4 Å². The highest BCUT2D eigenvalue weighted by atomic mass is 32.1. The van der Waals surface area contributed by atoms with Crippen LogP contribution < -0.4 is 5.32 Å². The fraction of sp³-hybridized carbons (Fsp3) is 0.556. The van der Waals surface area contributed by atoms with Crippen molar-refractivity contribution < 1.29 is 0 Å². The van der Waals surface area contributed by atoms with Gasteiger partial charge in [-0.05, 0) is 12.8 Å². The van der Waals surface area contributed by atoms with Crippen molar-refractivity contribution in [3.8, 4) is 12.3 Å². The Labute approximate surface area is 81.8 Å². The highest BCUT2D eigenvalue weighted by Crippen LogP contribution is 2.39. The molecule has 68 valence electrons. The Bertz CT molecular complexity index is 322. The Hall–Kier alpha value is -1.08. The molecule has 0 amide bonds.